The molecular formula is C21H24N2O4. The molecule has 142 valence electrons. The largest absolute Gasteiger partial charge is 0.454 e. The highest BCUT2D eigenvalue weighted by atomic mass is 16.5. The van der Waals surface area contributed by atoms with Gasteiger partial charge in [0.2, 0.25) is 0 Å². The molecule has 27 heavy (non-hydrogen) atoms. The zero-order valence-electron chi connectivity index (χ0n) is 15.7. The van der Waals surface area contributed by atoms with Crippen LogP contribution in [-0.2, 0) is 14.3 Å². The topological polar surface area (TPSA) is 84.5 Å². The lowest BCUT2D eigenvalue weighted by Gasteiger charge is -2.21. The molecule has 0 unspecified atom stereocenters. The Morgan fingerprint density at radius 2 is 1.59 bits per heavy atom. The Morgan fingerprint density at radius 1 is 0.963 bits per heavy atom. The standard InChI is InChI=1S/C21H24N2O4/c1-14(2)19(23-20(25)17-12-8-7-9-15(17)3)21(26)27-13-18(24)22-16-10-5-4-6-11-16/h4-12,14,19H,13H2,1-3H3,(H,22,24)(H,23,25)/t19-/m0/s1. The number of carbonyl (C=O) groups excluding carboxylic acids is 3. The van der Waals surface area contributed by atoms with Gasteiger partial charge in [0, 0.05) is 11.3 Å². The summed E-state index contributed by atoms with van der Waals surface area (Å²) in [5.41, 5.74) is 1.93. The summed E-state index contributed by atoms with van der Waals surface area (Å²) in [4.78, 5) is 36.8. The highest BCUT2D eigenvalue weighted by Crippen LogP contribution is 2.10. The minimum absolute atomic E-state index is 0.192. The number of nitrogens with one attached hydrogen (secondary N) is 2. The Balaban J connectivity index is 1.93. The van der Waals surface area contributed by atoms with Crippen LogP contribution in [0.15, 0.2) is 54.6 Å². The van der Waals surface area contributed by atoms with Crippen molar-refractivity contribution in [2.24, 2.45) is 5.92 Å². The molecule has 2 aromatic carbocycles. The van der Waals surface area contributed by atoms with E-state index in [2.05, 4.69) is 10.6 Å². The smallest absolute Gasteiger partial charge is 0.329 e. The van der Waals surface area contributed by atoms with Gasteiger partial charge in [-0.1, -0.05) is 50.2 Å². The third kappa shape index (κ3) is 5.95. The quantitative estimate of drug-likeness (QED) is 0.736. The normalized spacial score (nSPS) is 11.6. The number of anilines is 1. The molecule has 1 atom stereocenters. The van der Waals surface area contributed by atoms with E-state index in [0.29, 0.717) is 11.3 Å². The maximum Gasteiger partial charge on any atom is 0.329 e. The van der Waals surface area contributed by atoms with Gasteiger partial charge < -0.3 is 15.4 Å². The van der Waals surface area contributed by atoms with Crippen molar-refractivity contribution >= 4 is 23.5 Å². The lowest BCUT2D eigenvalue weighted by molar-refractivity contribution is -0.150. The highest BCUT2D eigenvalue weighted by Gasteiger charge is 2.27. The van der Waals surface area contributed by atoms with Gasteiger partial charge in [-0.2, -0.15) is 0 Å². The molecule has 0 aromatic heterocycles. The second-order valence-electron chi connectivity index (χ2n) is 6.53. The van der Waals surface area contributed by atoms with E-state index < -0.39 is 24.5 Å². The van der Waals surface area contributed by atoms with Gasteiger partial charge in [-0.05, 0) is 36.6 Å². The Morgan fingerprint density at radius 3 is 2.22 bits per heavy atom. The molecule has 0 bridgehead atoms. The van der Waals surface area contributed by atoms with E-state index in [1.54, 1.807) is 50.2 Å². The van der Waals surface area contributed by atoms with Gasteiger partial charge in [0.15, 0.2) is 6.61 Å². The fourth-order valence-electron chi connectivity index (χ4n) is 2.49. The molecule has 2 N–H and O–H groups in total. The van der Waals surface area contributed by atoms with Crippen molar-refractivity contribution in [3.8, 4) is 0 Å². The van der Waals surface area contributed by atoms with Gasteiger partial charge in [-0.25, -0.2) is 4.79 Å². The van der Waals surface area contributed by atoms with Crippen LogP contribution in [0.5, 0.6) is 0 Å². The second-order valence-corrected chi connectivity index (χ2v) is 6.53. The van der Waals surface area contributed by atoms with Gasteiger partial charge in [-0.3, -0.25) is 9.59 Å². The van der Waals surface area contributed by atoms with E-state index in [1.807, 2.05) is 25.1 Å². The van der Waals surface area contributed by atoms with Crippen molar-refractivity contribution in [2.75, 3.05) is 11.9 Å². The third-order valence-electron chi connectivity index (χ3n) is 4.00. The van der Waals surface area contributed by atoms with Crippen molar-refractivity contribution < 1.29 is 19.1 Å². The summed E-state index contributed by atoms with van der Waals surface area (Å²) in [5, 5.41) is 5.34. The summed E-state index contributed by atoms with van der Waals surface area (Å²) < 4.78 is 5.10. The van der Waals surface area contributed by atoms with E-state index in [0.717, 1.165) is 5.56 Å². The highest BCUT2D eigenvalue weighted by molar-refractivity contribution is 5.98. The fourth-order valence-corrected chi connectivity index (χ4v) is 2.49. The van der Waals surface area contributed by atoms with Crippen LogP contribution in [0.25, 0.3) is 0 Å². The maximum atomic E-state index is 12.5. The first-order valence-corrected chi connectivity index (χ1v) is 8.76. The number of hydrogen-bond donors (Lipinski definition) is 2. The second kappa shape index (κ2) is 9.52. The number of ether oxygens (including phenoxy) is 1. The van der Waals surface area contributed by atoms with Crippen LogP contribution < -0.4 is 10.6 Å². The van der Waals surface area contributed by atoms with Crippen LogP contribution in [0.3, 0.4) is 0 Å². The summed E-state index contributed by atoms with van der Waals surface area (Å²) in [7, 11) is 0. The summed E-state index contributed by atoms with van der Waals surface area (Å²) in [5.74, 6) is -1.63. The lowest BCUT2D eigenvalue weighted by atomic mass is 10.0. The molecule has 2 aromatic rings. The minimum Gasteiger partial charge on any atom is -0.454 e. The van der Waals surface area contributed by atoms with Crippen LogP contribution in [0.1, 0.15) is 29.8 Å². The molecule has 0 spiro atoms. The Labute approximate surface area is 158 Å². The predicted molar refractivity (Wildman–Crippen MR) is 103 cm³/mol. The van der Waals surface area contributed by atoms with Crippen molar-refractivity contribution in [3.63, 3.8) is 0 Å². The van der Waals surface area contributed by atoms with E-state index in [4.69, 9.17) is 4.74 Å². The van der Waals surface area contributed by atoms with Crippen LogP contribution >= 0.6 is 0 Å². The van der Waals surface area contributed by atoms with Crippen LogP contribution in [-0.4, -0.2) is 30.4 Å². The van der Waals surface area contributed by atoms with Crippen LogP contribution in [0.2, 0.25) is 0 Å². The Kier molecular flexibility index (Phi) is 7.11. The number of rotatable bonds is 7. The molecule has 2 amide bonds. The van der Waals surface area contributed by atoms with Crippen molar-refractivity contribution in [1.82, 2.24) is 5.32 Å². The van der Waals surface area contributed by atoms with Crippen molar-refractivity contribution in [3.05, 3.63) is 65.7 Å². The molecule has 0 heterocycles. The van der Waals surface area contributed by atoms with Crippen molar-refractivity contribution in [2.45, 2.75) is 26.8 Å². The average Bonchev–Trinajstić information content (AvgIpc) is 2.65. The van der Waals surface area contributed by atoms with E-state index in [9.17, 15) is 14.4 Å². The van der Waals surface area contributed by atoms with Crippen LogP contribution in [0, 0.1) is 12.8 Å². The van der Waals surface area contributed by atoms with Gasteiger partial charge >= 0.3 is 5.97 Å². The van der Waals surface area contributed by atoms with E-state index in [-0.39, 0.29) is 11.8 Å². The summed E-state index contributed by atoms with van der Waals surface area (Å²) in [6.45, 7) is 5.00. The molecule has 0 aliphatic carbocycles. The fraction of sp³-hybridized carbons (Fsp3) is 0.286. The van der Waals surface area contributed by atoms with Gasteiger partial charge in [0.05, 0.1) is 0 Å². The predicted octanol–water partition coefficient (Wildman–Crippen LogP) is 2.93. The Bertz CT molecular complexity index is 803. The molecule has 0 radical (unpaired) electrons. The van der Waals surface area contributed by atoms with Crippen molar-refractivity contribution in [1.29, 1.82) is 0 Å². The number of amides is 2. The monoisotopic (exact) mass is 368 g/mol. The zero-order chi connectivity index (χ0) is 19.8. The van der Waals surface area contributed by atoms with E-state index in [1.165, 1.54) is 0 Å². The molecule has 0 saturated heterocycles. The number of carbonyl (C=O) groups is 3. The maximum absolute atomic E-state index is 12.5. The molecule has 0 aliphatic heterocycles. The van der Waals surface area contributed by atoms with Gasteiger partial charge in [-0.15, -0.1) is 0 Å². The first-order chi connectivity index (χ1) is 12.9. The minimum atomic E-state index is -0.846. The molecule has 2 rings (SSSR count). The number of benzene rings is 2. The summed E-state index contributed by atoms with van der Waals surface area (Å²) >= 11 is 0. The Hall–Kier alpha value is -3.15. The molecule has 0 saturated carbocycles. The molecule has 6 nitrogen and oxygen atoms in total. The average molecular weight is 368 g/mol. The molecular weight excluding hydrogens is 344 g/mol. The first-order valence-electron chi connectivity index (χ1n) is 8.76. The molecule has 0 aliphatic rings. The molecule has 6 heteroatoms. The summed E-state index contributed by atoms with van der Waals surface area (Å²) in [6.07, 6.45) is 0. The zero-order valence-corrected chi connectivity index (χ0v) is 15.7. The number of hydrogen-bond acceptors (Lipinski definition) is 4. The lowest BCUT2D eigenvalue weighted by Crippen LogP contribution is -2.46. The first kappa shape index (κ1) is 20.2. The van der Waals surface area contributed by atoms with Crippen LogP contribution in [0.4, 0.5) is 5.69 Å². The van der Waals surface area contributed by atoms with Gasteiger partial charge in [0.25, 0.3) is 11.8 Å². The molecule has 0 fully saturated rings. The third-order valence-corrected chi connectivity index (χ3v) is 4.00. The SMILES string of the molecule is Cc1ccccc1C(=O)N[C@H](C(=O)OCC(=O)Nc1ccccc1)C(C)C. The number of esters is 1. The number of para-hydroxylation sites is 1. The van der Waals surface area contributed by atoms with E-state index >= 15 is 0 Å². The summed E-state index contributed by atoms with van der Waals surface area (Å²) in [6, 6.07) is 15.2. The number of aryl methyl sites for hydroxylation is 1. The van der Waals surface area contributed by atoms with Gasteiger partial charge in [0.1, 0.15) is 6.04 Å².